The summed E-state index contributed by atoms with van der Waals surface area (Å²) in [4.78, 5) is 34.4. The molecule has 0 unspecified atom stereocenters. The molecule has 1 saturated heterocycles. The van der Waals surface area contributed by atoms with Crippen LogP contribution in [0.4, 0.5) is 10.1 Å². The molecule has 2 amide bonds. The lowest BCUT2D eigenvalue weighted by Gasteiger charge is -2.52. The van der Waals surface area contributed by atoms with E-state index in [4.69, 9.17) is 4.74 Å². The van der Waals surface area contributed by atoms with Gasteiger partial charge < -0.3 is 15.0 Å². The number of amides is 2. The first-order valence-corrected chi connectivity index (χ1v) is 12.1. The molecule has 0 aliphatic carbocycles. The zero-order valence-corrected chi connectivity index (χ0v) is 20.4. The van der Waals surface area contributed by atoms with Gasteiger partial charge >= 0.3 is 0 Å². The Labute approximate surface area is 209 Å². The molecule has 3 aromatic rings. The SMILES string of the molecule is CC(C)N1CCC2(CN(Cc3cccc(F)c3)C2)Oc2c(NC(=O)c3ccncc3)cccc2C1=O. The minimum Gasteiger partial charge on any atom is -0.481 e. The maximum atomic E-state index is 13.7. The van der Waals surface area contributed by atoms with E-state index in [1.165, 1.54) is 6.07 Å². The number of anilines is 1. The molecule has 1 N–H and O–H groups in total. The van der Waals surface area contributed by atoms with Gasteiger partial charge in [0.1, 0.15) is 11.4 Å². The molecule has 8 heteroatoms. The molecule has 1 spiro atoms. The number of nitrogens with zero attached hydrogens (tertiary/aromatic N) is 3. The standard InChI is InChI=1S/C28H29FN4O3/c1-19(2)33-14-11-28(17-32(18-28)16-20-5-3-6-22(29)15-20)36-25-23(27(33)35)7-4-8-24(25)31-26(34)21-9-12-30-13-10-21/h3-10,12-13,15,19H,11,14,16-18H2,1-2H3,(H,31,34). The Morgan fingerprint density at radius 1 is 1.14 bits per heavy atom. The number of hydrogen-bond acceptors (Lipinski definition) is 5. The summed E-state index contributed by atoms with van der Waals surface area (Å²) in [7, 11) is 0. The molecule has 1 fully saturated rings. The van der Waals surface area contributed by atoms with Crippen LogP contribution >= 0.6 is 0 Å². The van der Waals surface area contributed by atoms with E-state index in [0.717, 1.165) is 5.56 Å². The Bertz CT molecular complexity index is 1270. The quantitative estimate of drug-likeness (QED) is 0.578. The van der Waals surface area contributed by atoms with Crippen molar-refractivity contribution < 1.29 is 18.7 Å². The summed E-state index contributed by atoms with van der Waals surface area (Å²) < 4.78 is 20.3. The van der Waals surface area contributed by atoms with Crippen molar-refractivity contribution in [3.05, 3.63) is 89.5 Å². The zero-order valence-electron chi connectivity index (χ0n) is 20.4. The number of carbonyl (C=O) groups is 2. The molecule has 2 aromatic carbocycles. The second-order valence-corrected chi connectivity index (χ2v) is 9.77. The molecule has 2 aliphatic rings. The van der Waals surface area contributed by atoms with Gasteiger partial charge in [0.2, 0.25) is 0 Å². The average Bonchev–Trinajstić information content (AvgIpc) is 2.83. The highest BCUT2D eigenvalue weighted by molar-refractivity contribution is 6.07. The molecule has 0 radical (unpaired) electrons. The molecular formula is C28H29FN4O3. The van der Waals surface area contributed by atoms with Crippen LogP contribution in [0.3, 0.4) is 0 Å². The second kappa shape index (κ2) is 9.70. The molecule has 36 heavy (non-hydrogen) atoms. The van der Waals surface area contributed by atoms with E-state index < -0.39 is 5.60 Å². The first-order valence-electron chi connectivity index (χ1n) is 12.1. The average molecular weight is 489 g/mol. The fourth-order valence-corrected chi connectivity index (χ4v) is 4.95. The summed E-state index contributed by atoms with van der Waals surface area (Å²) in [5.74, 6) is -0.286. The smallest absolute Gasteiger partial charge is 0.257 e. The van der Waals surface area contributed by atoms with Crippen molar-refractivity contribution in [2.75, 3.05) is 25.0 Å². The minimum atomic E-state index is -0.520. The van der Waals surface area contributed by atoms with Crippen LogP contribution in [-0.4, -0.2) is 57.9 Å². The minimum absolute atomic E-state index is 0.0130. The number of carbonyl (C=O) groups excluding carboxylic acids is 2. The lowest BCUT2D eigenvalue weighted by Crippen LogP contribution is -2.66. The van der Waals surface area contributed by atoms with Gasteiger partial charge in [-0.25, -0.2) is 4.39 Å². The molecule has 186 valence electrons. The lowest BCUT2D eigenvalue weighted by molar-refractivity contribution is -0.0918. The number of rotatable bonds is 5. The zero-order chi connectivity index (χ0) is 25.3. The van der Waals surface area contributed by atoms with Crippen molar-refractivity contribution in [1.29, 1.82) is 0 Å². The first-order chi connectivity index (χ1) is 17.3. The summed E-state index contributed by atoms with van der Waals surface area (Å²) in [6, 6.07) is 15.1. The predicted molar refractivity (Wildman–Crippen MR) is 134 cm³/mol. The third-order valence-corrected chi connectivity index (χ3v) is 6.77. The normalized spacial score (nSPS) is 17.1. The number of pyridine rings is 1. The fraction of sp³-hybridized carbons (Fsp3) is 0.321. The molecule has 5 rings (SSSR count). The van der Waals surface area contributed by atoms with Gasteiger partial charge in [-0.3, -0.25) is 19.5 Å². The van der Waals surface area contributed by atoms with Gasteiger partial charge in [-0.2, -0.15) is 0 Å². The highest BCUT2D eigenvalue weighted by Crippen LogP contribution is 2.40. The number of likely N-dealkylation sites (tertiary alicyclic amines) is 1. The van der Waals surface area contributed by atoms with Gasteiger partial charge in [0.05, 0.1) is 11.3 Å². The van der Waals surface area contributed by atoms with Crippen LogP contribution < -0.4 is 10.1 Å². The number of ether oxygens (including phenoxy) is 1. The van der Waals surface area contributed by atoms with E-state index in [2.05, 4.69) is 15.2 Å². The van der Waals surface area contributed by atoms with Gasteiger partial charge in [-0.05, 0) is 55.8 Å². The fourth-order valence-electron chi connectivity index (χ4n) is 4.95. The Morgan fingerprint density at radius 2 is 1.89 bits per heavy atom. The van der Waals surface area contributed by atoms with Crippen LogP contribution in [0.5, 0.6) is 5.75 Å². The topological polar surface area (TPSA) is 74.8 Å². The monoisotopic (exact) mass is 488 g/mol. The van der Waals surface area contributed by atoms with Gasteiger partial charge in [0.15, 0.2) is 5.75 Å². The first kappa shape index (κ1) is 23.9. The maximum Gasteiger partial charge on any atom is 0.257 e. The van der Waals surface area contributed by atoms with Gasteiger partial charge in [0.25, 0.3) is 11.8 Å². The van der Waals surface area contributed by atoms with Crippen molar-refractivity contribution in [2.24, 2.45) is 0 Å². The van der Waals surface area contributed by atoms with Gasteiger partial charge in [-0.1, -0.05) is 18.2 Å². The van der Waals surface area contributed by atoms with E-state index in [9.17, 15) is 14.0 Å². The van der Waals surface area contributed by atoms with E-state index in [1.807, 2.05) is 24.8 Å². The molecule has 3 heterocycles. The Balaban J connectivity index is 1.44. The van der Waals surface area contributed by atoms with Crippen LogP contribution in [0, 0.1) is 5.82 Å². The summed E-state index contributed by atoms with van der Waals surface area (Å²) in [6.07, 6.45) is 3.77. The number of para-hydroxylation sites is 1. The molecule has 0 atom stereocenters. The summed E-state index contributed by atoms with van der Waals surface area (Å²) in [5.41, 5.74) is 1.73. The molecule has 0 bridgehead atoms. The van der Waals surface area contributed by atoms with Crippen LogP contribution in [-0.2, 0) is 6.54 Å². The third-order valence-electron chi connectivity index (χ3n) is 6.77. The van der Waals surface area contributed by atoms with Crippen molar-refractivity contribution in [2.45, 2.75) is 38.5 Å². The van der Waals surface area contributed by atoms with Gasteiger partial charge in [-0.15, -0.1) is 0 Å². The maximum absolute atomic E-state index is 13.7. The molecule has 7 nitrogen and oxygen atoms in total. The van der Waals surface area contributed by atoms with Crippen LogP contribution in [0.25, 0.3) is 0 Å². The van der Waals surface area contributed by atoms with Crippen LogP contribution in [0.1, 0.15) is 46.5 Å². The second-order valence-electron chi connectivity index (χ2n) is 9.77. The highest BCUT2D eigenvalue weighted by atomic mass is 19.1. The number of aromatic nitrogens is 1. The van der Waals surface area contributed by atoms with E-state index in [-0.39, 0.29) is 23.7 Å². The largest absolute Gasteiger partial charge is 0.481 e. The van der Waals surface area contributed by atoms with Crippen molar-refractivity contribution >= 4 is 17.5 Å². The molecular weight excluding hydrogens is 459 g/mol. The van der Waals surface area contributed by atoms with E-state index >= 15 is 0 Å². The Hall–Kier alpha value is -3.78. The Morgan fingerprint density at radius 3 is 2.61 bits per heavy atom. The van der Waals surface area contributed by atoms with Crippen molar-refractivity contribution in [1.82, 2.24) is 14.8 Å². The predicted octanol–water partition coefficient (Wildman–Crippen LogP) is 4.36. The van der Waals surface area contributed by atoms with E-state index in [1.54, 1.807) is 54.9 Å². The summed E-state index contributed by atoms with van der Waals surface area (Å²) in [6.45, 7) is 6.45. The Kier molecular flexibility index (Phi) is 6.45. The number of fused-ring (bicyclic) bond motifs is 1. The van der Waals surface area contributed by atoms with Crippen molar-refractivity contribution in [3.63, 3.8) is 0 Å². The summed E-state index contributed by atoms with van der Waals surface area (Å²) >= 11 is 0. The van der Waals surface area contributed by atoms with Gasteiger partial charge in [0, 0.05) is 56.6 Å². The number of halogens is 1. The summed E-state index contributed by atoms with van der Waals surface area (Å²) in [5, 5.41) is 2.92. The lowest BCUT2D eigenvalue weighted by atomic mass is 9.87. The number of benzene rings is 2. The van der Waals surface area contributed by atoms with E-state index in [0.29, 0.717) is 55.2 Å². The molecule has 0 saturated carbocycles. The van der Waals surface area contributed by atoms with Crippen LogP contribution in [0.15, 0.2) is 67.0 Å². The van der Waals surface area contributed by atoms with Crippen LogP contribution in [0.2, 0.25) is 0 Å². The number of nitrogens with one attached hydrogen (secondary N) is 1. The number of hydrogen-bond donors (Lipinski definition) is 1. The van der Waals surface area contributed by atoms with Crippen molar-refractivity contribution in [3.8, 4) is 5.75 Å². The molecule has 2 aliphatic heterocycles. The molecule has 1 aromatic heterocycles. The third kappa shape index (κ3) is 4.81. The highest BCUT2D eigenvalue weighted by Gasteiger charge is 2.47.